The number of piperidine rings is 1. The minimum absolute atomic E-state index is 0.107. The van der Waals surface area contributed by atoms with Crippen molar-refractivity contribution in [3.05, 3.63) is 35.4 Å². The van der Waals surface area contributed by atoms with E-state index in [1.54, 1.807) is 4.90 Å². The summed E-state index contributed by atoms with van der Waals surface area (Å²) in [5.74, 6) is -1.78. The second kappa shape index (κ2) is 5.65. The average Bonchev–Trinajstić information content (AvgIpc) is 2.40. The van der Waals surface area contributed by atoms with Crippen LogP contribution in [0.4, 0.5) is 8.78 Å². The number of hydrogen-bond donors (Lipinski definition) is 1. The Morgan fingerprint density at radius 3 is 2.84 bits per heavy atom. The molecule has 0 spiro atoms. The van der Waals surface area contributed by atoms with Crippen LogP contribution in [0.15, 0.2) is 18.2 Å². The smallest absolute Gasteiger partial charge is 0.257 e. The Labute approximate surface area is 111 Å². The first-order valence-corrected chi connectivity index (χ1v) is 6.52. The number of rotatable bonds is 2. The van der Waals surface area contributed by atoms with Gasteiger partial charge in [0, 0.05) is 18.6 Å². The van der Waals surface area contributed by atoms with Gasteiger partial charge in [0.25, 0.3) is 5.91 Å². The van der Waals surface area contributed by atoms with Gasteiger partial charge in [-0.15, -0.1) is 0 Å². The molecule has 2 unspecified atom stereocenters. The van der Waals surface area contributed by atoms with E-state index in [9.17, 15) is 13.6 Å². The van der Waals surface area contributed by atoms with Crippen molar-refractivity contribution in [2.75, 3.05) is 6.54 Å². The first kappa shape index (κ1) is 13.9. The summed E-state index contributed by atoms with van der Waals surface area (Å²) in [4.78, 5) is 13.9. The summed E-state index contributed by atoms with van der Waals surface area (Å²) in [5, 5.41) is 0. The molecule has 0 aromatic heterocycles. The maximum absolute atomic E-state index is 13.7. The zero-order valence-electron chi connectivity index (χ0n) is 10.9. The van der Waals surface area contributed by atoms with E-state index in [4.69, 9.17) is 5.73 Å². The van der Waals surface area contributed by atoms with Crippen molar-refractivity contribution in [2.45, 2.75) is 38.3 Å². The number of hydrogen-bond acceptors (Lipinski definition) is 2. The van der Waals surface area contributed by atoms with E-state index in [0.29, 0.717) is 6.54 Å². The summed E-state index contributed by atoms with van der Waals surface area (Å²) in [6.07, 6.45) is 2.67. The molecular weight excluding hydrogens is 250 g/mol. The van der Waals surface area contributed by atoms with Crippen molar-refractivity contribution in [3.8, 4) is 0 Å². The summed E-state index contributed by atoms with van der Waals surface area (Å²) in [7, 11) is 0. The monoisotopic (exact) mass is 268 g/mol. The molecule has 1 amide bonds. The fourth-order valence-corrected chi connectivity index (χ4v) is 2.57. The highest BCUT2D eigenvalue weighted by Crippen LogP contribution is 2.22. The lowest BCUT2D eigenvalue weighted by Gasteiger charge is -2.38. The standard InChI is InChI=1S/C14H18F2N2O/c1-9(17)13-4-2-3-7-18(13)14(19)11-8-10(15)5-6-12(11)16/h5-6,8-9,13H,2-4,7,17H2,1H3. The second-order valence-corrected chi connectivity index (χ2v) is 5.04. The number of benzene rings is 1. The van der Waals surface area contributed by atoms with Crippen LogP contribution in [-0.4, -0.2) is 29.4 Å². The molecule has 1 aromatic carbocycles. The molecule has 2 rings (SSSR count). The van der Waals surface area contributed by atoms with Crippen LogP contribution in [0.1, 0.15) is 36.5 Å². The highest BCUT2D eigenvalue weighted by molar-refractivity contribution is 5.94. The van der Waals surface area contributed by atoms with E-state index in [-0.39, 0.29) is 17.6 Å². The number of carbonyl (C=O) groups is 1. The number of halogens is 2. The molecule has 0 aliphatic carbocycles. The fraction of sp³-hybridized carbons (Fsp3) is 0.500. The van der Waals surface area contributed by atoms with E-state index in [1.807, 2.05) is 6.92 Å². The minimum Gasteiger partial charge on any atom is -0.334 e. The van der Waals surface area contributed by atoms with Crippen molar-refractivity contribution in [3.63, 3.8) is 0 Å². The SMILES string of the molecule is CC(N)C1CCCCN1C(=O)c1cc(F)ccc1F. The predicted molar refractivity (Wildman–Crippen MR) is 68.7 cm³/mol. The maximum atomic E-state index is 13.7. The summed E-state index contributed by atoms with van der Waals surface area (Å²) < 4.78 is 26.8. The molecule has 19 heavy (non-hydrogen) atoms. The average molecular weight is 268 g/mol. The van der Waals surface area contributed by atoms with Gasteiger partial charge in [-0.3, -0.25) is 4.79 Å². The molecule has 1 aliphatic rings. The van der Waals surface area contributed by atoms with Crippen LogP contribution >= 0.6 is 0 Å². The molecule has 3 nitrogen and oxygen atoms in total. The van der Waals surface area contributed by atoms with Gasteiger partial charge in [0.05, 0.1) is 5.56 Å². The molecule has 0 saturated carbocycles. The molecule has 5 heteroatoms. The van der Waals surface area contributed by atoms with Gasteiger partial charge in [0.15, 0.2) is 0 Å². The first-order chi connectivity index (χ1) is 9.00. The lowest BCUT2D eigenvalue weighted by Crippen LogP contribution is -2.51. The minimum atomic E-state index is -0.694. The van der Waals surface area contributed by atoms with Gasteiger partial charge < -0.3 is 10.6 Å². The molecule has 0 radical (unpaired) electrons. The Morgan fingerprint density at radius 1 is 1.42 bits per heavy atom. The van der Waals surface area contributed by atoms with Crippen molar-refractivity contribution < 1.29 is 13.6 Å². The Morgan fingerprint density at radius 2 is 2.16 bits per heavy atom. The zero-order valence-corrected chi connectivity index (χ0v) is 10.9. The van der Waals surface area contributed by atoms with Gasteiger partial charge in [-0.2, -0.15) is 0 Å². The largest absolute Gasteiger partial charge is 0.334 e. The van der Waals surface area contributed by atoms with Gasteiger partial charge in [-0.05, 0) is 44.4 Å². The Bertz CT molecular complexity index is 477. The van der Waals surface area contributed by atoms with Crippen molar-refractivity contribution in [1.29, 1.82) is 0 Å². The van der Waals surface area contributed by atoms with E-state index < -0.39 is 17.5 Å². The quantitative estimate of drug-likeness (QED) is 0.894. The lowest BCUT2D eigenvalue weighted by atomic mass is 9.96. The zero-order chi connectivity index (χ0) is 14.0. The molecule has 1 aliphatic heterocycles. The van der Waals surface area contributed by atoms with Crippen LogP contribution < -0.4 is 5.73 Å². The summed E-state index contributed by atoms with van der Waals surface area (Å²) in [6, 6.07) is 2.65. The third-order valence-corrected chi connectivity index (χ3v) is 3.58. The molecule has 2 atom stereocenters. The van der Waals surface area contributed by atoms with Crippen LogP contribution in [0.3, 0.4) is 0 Å². The topological polar surface area (TPSA) is 46.3 Å². The van der Waals surface area contributed by atoms with Gasteiger partial charge >= 0.3 is 0 Å². The van der Waals surface area contributed by atoms with E-state index in [1.165, 1.54) is 0 Å². The highest BCUT2D eigenvalue weighted by Gasteiger charge is 2.31. The predicted octanol–water partition coefficient (Wildman–Crippen LogP) is 2.31. The number of nitrogens with zero attached hydrogens (tertiary/aromatic N) is 1. The van der Waals surface area contributed by atoms with Crippen LogP contribution in [-0.2, 0) is 0 Å². The normalized spacial score (nSPS) is 21.3. The second-order valence-electron chi connectivity index (χ2n) is 5.04. The van der Waals surface area contributed by atoms with Gasteiger partial charge in [0.1, 0.15) is 11.6 Å². The van der Waals surface area contributed by atoms with Gasteiger partial charge in [0.2, 0.25) is 0 Å². The summed E-state index contributed by atoms with van der Waals surface area (Å²) in [6.45, 7) is 2.37. The maximum Gasteiger partial charge on any atom is 0.257 e. The molecule has 0 bridgehead atoms. The van der Waals surface area contributed by atoms with Gasteiger partial charge in [-0.25, -0.2) is 8.78 Å². The highest BCUT2D eigenvalue weighted by atomic mass is 19.1. The first-order valence-electron chi connectivity index (χ1n) is 6.52. The van der Waals surface area contributed by atoms with Crippen molar-refractivity contribution >= 4 is 5.91 Å². The van der Waals surface area contributed by atoms with E-state index in [0.717, 1.165) is 37.5 Å². The molecule has 1 saturated heterocycles. The Kier molecular flexibility index (Phi) is 4.14. The number of likely N-dealkylation sites (tertiary alicyclic amines) is 1. The Hall–Kier alpha value is -1.49. The number of carbonyl (C=O) groups excluding carboxylic acids is 1. The molecule has 1 fully saturated rings. The van der Waals surface area contributed by atoms with Crippen LogP contribution in [0.5, 0.6) is 0 Å². The summed E-state index contributed by atoms with van der Waals surface area (Å²) in [5.41, 5.74) is 5.66. The van der Waals surface area contributed by atoms with Gasteiger partial charge in [-0.1, -0.05) is 0 Å². The third kappa shape index (κ3) is 2.92. The van der Waals surface area contributed by atoms with E-state index in [2.05, 4.69) is 0 Å². The Balaban J connectivity index is 2.28. The van der Waals surface area contributed by atoms with Crippen LogP contribution in [0, 0.1) is 11.6 Å². The molecular formula is C14H18F2N2O. The third-order valence-electron chi connectivity index (χ3n) is 3.58. The number of nitrogens with two attached hydrogens (primary N) is 1. The fourth-order valence-electron chi connectivity index (χ4n) is 2.57. The molecule has 1 heterocycles. The summed E-state index contributed by atoms with van der Waals surface area (Å²) >= 11 is 0. The molecule has 2 N–H and O–H groups in total. The molecule has 1 aromatic rings. The van der Waals surface area contributed by atoms with Crippen molar-refractivity contribution in [2.24, 2.45) is 5.73 Å². The van der Waals surface area contributed by atoms with Crippen LogP contribution in [0.25, 0.3) is 0 Å². The molecule has 104 valence electrons. The number of amides is 1. The van der Waals surface area contributed by atoms with E-state index >= 15 is 0 Å². The lowest BCUT2D eigenvalue weighted by molar-refractivity contribution is 0.0578. The van der Waals surface area contributed by atoms with Crippen molar-refractivity contribution in [1.82, 2.24) is 4.90 Å². The van der Waals surface area contributed by atoms with Crippen LogP contribution in [0.2, 0.25) is 0 Å².